The van der Waals surface area contributed by atoms with Gasteiger partial charge in [0.15, 0.2) is 5.96 Å². The molecule has 4 N–H and O–H groups in total. The summed E-state index contributed by atoms with van der Waals surface area (Å²) in [5.41, 5.74) is 6.78. The first-order chi connectivity index (χ1) is 10.2. The molecule has 0 aliphatic carbocycles. The number of amides is 1. The Morgan fingerprint density at radius 2 is 2.32 bits per heavy atom. The van der Waals surface area contributed by atoms with Crippen molar-refractivity contribution in [3.63, 3.8) is 0 Å². The molecule has 0 saturated carbocycles. The summed E-state index contributed by atoms with van der Waals surface area (Å²) in [6.45, 7) is 4.03. The van der Waals surface area contributed by atoms with Crippen LogP contribution in [0.15, 0.2) is 17.3 Å². The second-order valence-electron chi connectivity index (χ2n) is 4.89. The van der Waals surface area contributed by atoms with Gasteiger partial charge in [-0.25, -0.2) is 9.79 Å². The first-order valence-electron chi connectivity index (χ1n) is 7.15. The molecular weight excluding hydrogens is 399 g/mol. The van der Waals surface area contributed by atoms with E-state index in [2.05, 4.69) is 20.5 Å². The van der Waals surface area contributed by atoms with Crippen LogP contribution in [0.3, 0.4) is 0 Å². The number of nitrogens with zero attached hydrogens (tertiary/aromatic N) is 3. The van der Waals surface area contributed by atoms with Crippen LogP contribution in [0.2, 0.25) is 0 Å². The maximum absolute atomic E-state index is 11.6. The third-order valence-electron chi connectivity index (χ3n) is 3.35. The molecule has 0 spiro atoms. The van der Waals surface area contributed by atoms with Crippen LogP contribution >= 0.6 is 24.0 Å². The number of likely N-dealkylation sites (tertiary alicyclic amines) is 1. The Kier molecular flexibility index (Phi) is 7.99. The first kappa shape index (κ1) is 18.5. The number of aromatic amines is 1. The van der Waals surface area contributed by atoms with E-state index in [1.807, 2.05) is 13.0 Å². The number of H-pyrrole nitrogens is 1. The molecule has 1 aromatic heterocycles. The number of halogens is 1. The van der Waals surface area contributed by atoms with Crippen LogP contribution in [0.25, 0.3) is 0 Å². The normalized spacial score (nSPS) is 16.0. The number of nitrogens with one attached hydrogen (secondary N) is 2. The van der Waals surface area contributed by atoms with Crippen molar-refractivity contribution in [3.05, 3.63) is 18.0 Å². The topological polar surface area (TPSA) is 109 Å². The van der Waals surface area contributed by atoms with Gasteiger partial charge in [0.1, 0.15) is 0 Å². The lowest BCUT2D eigenvalue weighted by Gasteiger charge is -2.31. The maximum atomic E-state index is 11.6. The Labute approximate surface area is 146 Å². The van der Waals surface area contributed by atoms with E-state index in [1.54, 1.807) is 11.1 Å². The van der Waals surface area contributed by atoms with Crippen molar-refractivity contribution in [1.82, 2.24) is 20.4 Å². The number of ether oxygens (including phenoxy) is 1. The largest absolute Gasteiger partial charge is 0.450 e. The van der Waals surface area contributed by atoms with E-state index in [9.17, 15) is 4.79 Å². The zero-order chi connectivity index (χ0) is 15.1. The first-order valence-corrected chi connectivity index (χ1v) is 7.15. The minimum Gasteiger partial charge on any atom is -0.450 e. The third kappa shape index (κ3) is 5.70. The molecule has 1 aliphatic rings. The molecule has 0 atom stereocenters. The summed E-state index contributed by atoms with van der Waals surface area (Å²) in [7, 11) is 0. The molecule has 2 heterocycles. The molecule has 0 radical (unpaired) electrons. The van der Waals surface area contributed by atoms with Crippen molar-refractivity contribution in [3.8, 4) is 0 Å². The van der Waals surface area contributed by atoms with Crippen LogP contribution in [0.5, 0.6) is 0 Å². The Morgan fingerprint density at radius 3 is 2.91 bits per heavy atom. The summed E-state index contributed by atoms with van der Waals surface area (Å²) >= 11 is 0. The summed E-state index contributed by atoms with van der Waals surface area (Å²) < 4.78 is 4.99. The van der Waals surface area contributed by atoms with Gasteiger partial charge in [-0.15, -0.1) is 24.0 Å². The molecule has 8 nitrogen and oxygen atoms in total. The lowest BCUT2D eigenvalue weighted by atomic mass is 10.1. The Bertz CT molecular complexity index is 471. The molecule has 0 bridgehead atoms. The number of carbonyl (C=O) groups excluding carboxylic acids is 1. The molecule has 1 aromatic rings. The fraction of sp³-hybridized carbons (Fsp3) is 0.615. The number of aromatic nitrogens is 2. The number of rotatable bonds is 4. The molecule has 1 saturated heterocycles. The number of carbonyl (C=O) groups is 1. The molecule has 0 aromatic carbocycles. The van der Waals surface area contributed by atoms with E-state index in [-0.39, 0.29) is 36.1 Å². The minimum atomic E-state index is -0.239. The molecular formula is C13H23IN6O2. The van der Waals surface area contributed by atoms with Crippen LogP contribution in [0.4, 0.5) is 4.79 Å². The standard InChI is InChI=1S/C13H22N6O2.HI/c1-2-21-13(20)19-7-4-10(5-8-19)17-12(14)15-9-11-3-6-16-18-11;/h3,6,10H,2,4-5,7-9H2,1H3,(H,16,18)(H3,14,15,17);1H. The maximum Gasteiger partial charge on any atom is 0.409 e. The van der Waals surface area contributed by atoms with Gasteiger partial charge in [-0.05, 0) is 25.8 Å². The zero-order valence-corrected chi connectivity index (χ0v) is 14.9. The summed E-state index contributed by atoms with van der Waals surface area (Å²) in [6, 6.07) is 2.09. The van der Waals surface area contributed by atoms with Gasteiger partial charge in [-0.3, -0.25) is 5.10 Å². The van der Waals surface area contributed by atoms with Gasteiger partial charge in [0.05, 0.1) is 18.8 Å². The summed E-state index contributed by atoms with van der Waals surface area (Å²) in [5.74, 6) is 0.416. The van der Waals surface area contributed by atoms with Crippen LogP contribution < -0.4 is 11.1 Å². The Balaban J connectivity index is 0.00000242. The molecule has 1 fully saturated rings. The molecule has 1 aliphatic heterocycles. The molecule has 0 unspecified atom stereocenters. The van der Waals surface area contributed by atoms with Crippen molar-refractivity contribution in [2.45, 2.75) is 32.4 Å². The molecule has 1 amide bonds. The summed E-state index contributed by atoms with van der Waals surface area (Å²) in [4.78, 5) is 17.6. The molecule has 9 heteroatoms. The van der Waals surface area contributed by atoms with Crippen LogP contribution in [-0.4, -0.2) is 52.9 Å². The van der Waals surface area contributed by atoms with Crippen molar-refractivity contribution in [2.75, 3.05) is 19.7 Å². The molecule has 124 valence electrons. The second kappa shape index (κ2) is 9.49. The number of aliphatic imine (C=N–C) groups is 1. The highest BCUT2D eigenvalue weighted by atomic mass is 127. The van der Waals surface area contributed by atoms with E-state index >= 15 is 0 Å². The number of nitrogens with two attached hydrogens (primary N) is 1. The van der Waals surface area contributed by atoms with E-state index in [4.69, 9.17) is 10.5 Å². The SMILES string of the molecule is CCOC(=O)N1CCC(NC(N)=NCc2ccn[nH]2)CC1.I. The smallest absolute Gasteiger partial charge is 0.409 e. The number of hydrogen-bond acceptors (Lipinski definition) is 4. The van der Waals surface area contributed by atoms with Gasteiger partial charge in [0.2, 0.25) is 0 Å². The van der Waals surface area contributed by atoms with Gasteiger partial charge in [-0.1, -0.05) is 0 Å². The van der Waals surface area contributed by atoms with Crippen molar-refractivity contribution >= 4 is 36.0 Å². The monoisotopic (exact) mass is 422 g/mol. The Morgan fingerprint density at radius 1 is 1.59 bits per heavy atom. The van der Waals surface area contributed by atoms with E-state index < -0.39 is 0 Å². The molecule has 22 heavy (non-hydrogen) atoms. The lowest BCUT2D eigenvalue weighted by Crippen LogP contribution is -2.48. The predicted octanol–water partition coefficient (Wildman–Crippen LogP) is 1.05. The van der Waals surface area contributed by atoms with Gasteiger partial charge in [0.25, 0.3) is 0 Å². The average molecular weight is 422 g/mol. The number of guanidine groups is 1. The predicted molar refractivity (Wildman–Crippen MR) is 94.1 cm³/mol. The number of piperidine rings is 1. The van der Waals surface area contributed by atoms with Crippen molar-refractivity contribution in [2.24, 2.45) is 10.7 Å². The van der Waals surface area contributed by atoms with Gasteiger partial charge < -0.3 is 20.7 Å². The van der Waals surface area contributed by atoms with Crippen LogP contribution in [-0.2, 0) is 11.3 Å². The van der Waals surface area contributed by atoms with E-state index in [0.717, 1.165) is 18.5 Å². The highest BCUT2D eigenvalue weighted by Gasteiger charge is 2.23. The van der Waals surface area contributed by atoms with Crippen molar-refractivity contribution < 1.29 is 9.53 Å². The van der Waals surface area contributed by atoms with E-state index in [0.29, 0.717) is 32.2 Å². The lowest BCUT2D eigenvalue weighted by molar-refractivity contribution is 0.0963. The van der Waals surface area contributed by atoms with Gasteiger partial charge in [-0.2, -0.15) is 5.10 Å². The minimum absolute atomic E-state index is 0. The second-order valence-corrected chi connectivity index (χ2v) is 4.89. The van der Waals surface area contributed by atoms with Crippen molar-refractivity contribution in [1.29, 1.82) is 0 Å². The van der Waals surface area contributed by atoms with Crippen LogP contribution in [0.1, 0.15) is 25.5 Å². The fourth-order valence-electron chi connectivity index (χ4n) is 2.22. The fourth-order valence-corrected chi connectivity index (χ4v) is 2.22. The Hall–Kier alpha value is -1.52. The average Bonchev–Trinajstić information content (AvgIpc) is 2.99. The third-order valence-corrected chi connectivity index (χ3v) is 3.35. The summed E-state index contributed by atoms with van der Waals surface area (Å²) in [5, 5.41) is 9.87. The zero-order valence-electron chi connectivity index (χ0n) is 12.6. The van der Waals surface area contributed by atoms with Gasteiger partial charge >= 0.3 is 6.09 Å². The highest BCUT2D eigenvalue weighted by Crippen LogP contribution is 2.11. The van der Waals surface area contributed by atoms with E-state index in [1.165, 1.54) is 0 Å². The number of hydrogen-bond donors (Lipinski definition) is 3. The van der Waals surface area contributed by atoms with Crippen LogP contribution in [0, 0.1) is 0 Å². The van der Waals surface area contributed by atoms with Gasteiger partial charge in [0, 0.05) is 25.3 Å². The molecule has 2 rings (SSSR count). The quantitative estimate of drug-likeness (QED) is 0.382. The summed E-state index contributed by atoms with van der Waals surface area (Å²) in [6.07, 6.45) is 3.11. The highest BCUT2D eigenvalue weighted by molar-refractivity contribution is 14.0.